The van der Waals surface area contributed by atoms with Crippen LogP contribution in [-0.4, -0.2) is 9.97 Å². The molecule has 20 heavy (non-hydrogen) atoms. The molecule has 0 fully saturated rings. The first-order valence-electron chi connectivity index (χ1n) is 5.87. The SMILES string of the molecule is O=Nc1ccc2ncnc(Nc3ccc(F)cc3)c2c1. The third-order valence-electron chi connectivity index (χ3n) is 2.83. The fourth-order valence-corrected chi connectivity index (χ4v) is 1.87. The van der Waals surface area contributed by atoms with Crippen molar-refractivity contribution < 1.29 is 4.39 Å². The predicted molar refractivity (Wildman–Crippen MR) is 74.7 cm³/mol. The van der Waals surface area contributed by atoms with Crippen LogP contribution < -0.4 is 5.32 Å². The molecule has 0 amide bonds. The Bertz CT molecular complexity index is 774. The van der Waals surface area contributed by atoms with Gasteiger partial charge in [0, 0.05) is 11.1 Å². The quantitative estimate of drug-likeness (QED) is 0.731. The second-order valence-electron chi connectivity index (χ2n) is 4.15. The van der Waals surface area contributed by atoms with E-state index >= 15 is 0 Å². The molecule has 1 N–H and O–H groups in total. The molecule has 0 unspecified atom stereocenters. The molecule has 1 heterocycles. The van der Waals surface area contributed by atoms with Crippen LogP contribution in [0, 0.1) is 10.7 Å². The fourth-order valence-electron chi connectivity index (χ4n) is 1.87. The Hall–Kier alpha value is -2.89. The molecule has 0 saturated heterocycles. The number of nitroso groups, excluding NO2 is 1. The Balaban J connectivity index is 2.06. The number of hydrogen-bond acceptors (Lipinski definition) is 5. The van der Waals surface area contributed by atoms with E-state index in [1.165, 1.54) is 18.5 Å². The van der Waals surface area contributed by atoms with Gasteiger partial charge in [-0.2, -0.15) is 0 Å². The Morgan fingerprint density at radius 1 is 1.05 bits per heavy atom. The molecular weight excluding hydrogens is 259 g/mol. The van der Waals surface area contributed by atoms with Crippen molar-refractivity contribution in [2.45, 2.75) is 0 Å². The second kappa shape index (κ2) is 5.00. The highest BCUT2D eigenvalue weighted by Gasteiger charge is 2.05. The molecule has 6 heteroatoms. The van der Waals surface area contributed by atoms with E-state index in [1.807, 2.05) is 0 Å². The lowest BCUT2D eigenvalue weighted by atomic mass is 10.2. The van der Waals surface area contributed by atoms with Crippen LogP contribution >= 0.6 is 0 Å². The van der Waals surface area contributed by atoms with Crippen LogP contribution in [0.4, 0.5) is 21.6 Å². The van der Waals surface area contributed by atoms with Gasteiger partial charge in [-0.15, -0.1) is 4.91 Å². The summed E-state index contributed by atoms with van der Waals surface area (Å²) < 4.78 is 12.9. The molecule has 0 radical (unpaired) electrons. The number of nitrogens with zero attached hydrogens (tertiary/aromatic N) is 3. The summed E-state index contributed by atoms with van der Waals surface area (Å²) in [6.07, 6.45) is 1.42. The largest absolute Gasteiger partial charge is 0.340 e. The van der Waals surface area contributed by atoms with Crippen molar-refractivity contribution in [2.24, 2.45) is 5.18 Å². The molecular formula is C14H9FN4O. The van der Waals surface area contributed by atoms with Crippen molar-refractivity contribution >= 4 is 28.1 Å². The van der Waals surface area contributed by atoms with Gasteiger partial charge in [0.05, 0.1) is 5.52 Å². The van der Waals surface area contributed by atoms with Gasteiger partial charge in [0.15, 0.2) is 0 Å². The standard InChI is InChI=1S/C14H9FN4O/c15-9-1-3-10(4-2-9)18-14-12-7-11(19-20)5-6-13(12)16-8-17-14/h1-8H,(H,16,17,18). The minimum absolute atomic E-state index is 0.300. The molecule has 0 atom stereocenters. The first kappa shape index (κ1) is 12.2. The average molecular weight is 268 g/mol. The van der Waals surface area contributed by atoms with E-state index in [0.29, 0.717) is 28.1 Å². The lowest BCUT2D eigenvalue weighted by Crippen LogP contribution is -1.95. The average Bonchev–Trinajstić information content (AvgIpc) is 2.49. The minimum Gasteiger partial charge on any atom is -0.340 e. The molecule has 3 aromatic rings. The van der Waals surface area contributed by atoms with Gasteiger partial charge in [0.2, 0.25) is 0 Å². The van der Waals surface area contributed by atoms with E-state index in [2.05, 4.69) is 20.5 Å². The molecule has 3 rings (SSSR count). The first-order valence-corrected chi connectivity index (χ1v) is 5.87. The maximum absolute atomic E-state index is 12.9. The zero-order valence-electron chi connectivity index (χ0n) is 10.2. The van der Waals surface area contributed by atoms with Gasteiger partial charge in [-0.1, -0.05) is 0 Å². The Morgan fingerprint density at radius 3 is 2.60 bits per heavy atom. The van der Waals surface area contributed by atoms with Gasteiger partial charge < -0.3 is 5.32 Å². The minimum atomic E-state index is -0.310. The summed E-state index contributed by atoms with van der Waals surface area (Å²) in [6.45, 7) is 0. The molecule has 0 aliphatic carbocycles. The van der Waals surface area contributed by atoms with Crippen molar-refractivity contribution in [3.8, 4) is 0 Å². The highest BCUT2D eigenvalue weighted by Crippen LogP contribution is 2.26. The Labute approximate surface area is 113 Å². The topological polar surface area (TPSA) is 67.2 Å². The smallest absolute Gasteiger partial charge is 0.141 e. The summed E-state index contributed by atoms with van der Waals surface area (Å²) in [5.74, 6) is 0.225. The highest BCUT2D eigenvalue weighted by atomic mass is 19.1. The molecule has 0 aliphatic rings. The van der Waals surface area contributed by atoms with Gasteiger partial charge in [-0.25, -0.2) is 14.4 Å². The summed E-state index contributed by atoms with van der Waals surface area (Å²) in [7, 11) is 0. The van der Waals surface area contributed by atoms with E-state index in [0.717, 1.165) is 0 Å². The third kappa shape index (κ3) is 2.31. The van der Waals surface area contributed by atoms with Crippen LogP contribution in [0.5, 0.6) is 0 Å². The van der Waals surface area contributed by atoms with Gasteiger partial charge >= 0.3 is 0 Å². The number of fused-ring (bicyclic) bond motifs is 1. The van der Waals surface area contributed by atoms with Crippen LogP contribution in [0.1, 0.15) is 0 Å². The number of benzene rings is 2. The monoisotopic (exact) mass is 268 g/mol. The van der Waals surface area contributed by atoms with E-state index in [1.54, 1.807) is 30.3 Å². The van der Waals surface area contributed by atoms with Crippen LogP contribution in [0.15, 0.2) is 54.0 Å². The zero-order valence-corrected chi connectivity index (χ0v) is 10.2. The highest BCUT2D eigenvalue weighted by molar-refractivity contribution is 5.92. The summed E-state index contributed by atoms with van der Waals surface area (Å²) in [6, 6.07) is 10.8. The van der Waals surface area contributed by atoms with Crippen molar-refractivity contribution in [1.29, 1.82) is 0 Å². The molecule has 1 aromatic heterocycles. The van der Waals surface area contributed by atoms with Gasteiger partial charge in [-0.05, 0) is 47.6 Å². The van der Waals surface area contributed by atoms with Crippen LogP contribution in [0.2, 0.25) is 0 Å². The molecule has 5 nitrogen and oxygen atoms in total. The molecule has 2 aromatic carbocycles. The fraction of sp³-hybridized carbons (Fsp3) is 0. The number of nitrogens with one attached hydrogen (secondary N) is 1. The molecule has 0 bridgehead atoms. The zero-order chi connectivity index (χ0) is 13.9. The summed E-state index contributed by atoms with van der Waals surface area (Å²) in [5.41, 5.74) is 1.68. The summed E-state index contributed by atoms with van der Waals surface area (Å²) in [4.78, 5) is 18.9. The molecule has 0 aliphatic heterocycles. The predicted octanol–water partition coefficient (Wildman–Crippen LogP) is 3.91. The van der Waals surface area contributed by atoms with Crippen molar-refractivity contribution in [1.82, 2.24) is 9.97 Å². The van der Waals surface area contributed by atoms with E-state index < -0.39 is 0 Å². The number of anilines is 2. The number of halogens is 1. The van der Waals surface area contributed by atoms with E-state index in [4.69, 9.17) is 0 Å². The number of aromatic nitrogens is 2. The molecule has 98 valence electrons. The van der Waals surface area contributed by atoms with Crippen LogP contribution in [0.3, 0.4) is 0 Å². The van der Waals surface area contributed by atoms with Gasteiger partial charge in [-0.3, -0.25) is 0 Å². The van der Waals surface area contributed by atoms with Crippen LogP contribution in [-0.2, 0) is 0 Å². The second-order valence-corrected chi connectivity index (χ2v) is 4.15. The Kier molecular flexibility index (Phi) is 3.04. The molecule has 0 saturated carbocycles. The van der Waals surface area contributed by atoms with Crippen molar-refractivity contribution in [3.05, 3.63) is 59.5 Å². The molecule has 0 spiro atoms. The van der Waals surface area contributed by atoms with E-state index in [-0.39, 0.29) is 5.82 Å². The van der Waals surface area contributed by atoms with Crippen molar-refractivity contribution in [3.63, 3.8) is 0 Å². The van der Waals surface area contributed by atoms with Gasteiger partial charge in [0.1, 0.15) is 23.6 Å². The maximum atomic E-state index is 12.9. The first-order chi connectivity index (χ1) is 9.76. The lowest BCUT2D eigenvalue weighted by Gasteiger charge is -2.08. The number of rotatable bonds is 3. The van der Waals surface area contributed by atoms with Crippen LogP contribution in [0.25, 0.3) is 10.9 Å². The van der Waals surface area contributed by atoms with Crippen molar-refractivity contribution in [2.75, 3.05) is 5.32 Å². The van der Waals surface area contributed by atoms with E-state index in [9.17, 15) is 9.30 Å². The third-order valence-corrected chi connectivity index (χ3v) is 2.83. The normalized spacial score (nSPS) is 10.4. The number of hydrogen-bond donors (Lipinski definition) is 1. The summed E-state index contributed by atoms with van der Waals surface area (Å²) >= 11 is 0. The lowest BCUT2D eigenvalue weighted by molar-refractivity contribution is 0.628. The summed E-state index contributed by atoms with van der Waals surface area (Å²) in [5, 5.41) is 6.64. The maximum Gasteiger partial charge on any atom is 0.141 e. The van der Waals surface area contributed by atoms with Gasteiger partial charge in [0.25, 0.3) is 0 Å². The Morgan fingerprint density at radius 2 is 1.85 bits per heavy atom.